The number of likely N-dealkylation sites (N-methyl/N-ethyl adjacent to an activating group) is 1. The number of thioether (sulfide) groups is 1. The Hall–Kier alpha value is -0.0951. The van der Waals surface area contributed by atoms with Crippen LogP contribution in [0.2, 0.25) is 0 Å². The van der Waals surface area contributed by atoms with Gasteiger partial charge in [0, 0.05) is 11.8 Å². The van der Waals surface area contributed by atoms with E-state index in [0.717, 1.165) is 17.9 Å². The molecule has 0 N–H and O–H groups in total. The van der Waals surface area contributed by atoms with Crippen LogP contribution in [0.4, 0.5) is 12.9 Å². The second kappa shape index (κ2) is 4.62. The van der Waals surface area contributed by atoms with Crippen LogP contribution in [0.3, 0.4) is 0 Å². The quantitative estimate of drug-likeness (QED) is 0.674. The van der Waals surface area contributed by atoms with E-state index in [2.05, 4.69) is 6.58 Å². The molecule has 0 aliphatic carbocycles. The van der Waals surface area contributed by atoms with E-state index in [1.54, 1.807) is 23.7 Å². The van der Waals surface area contributed by atoms with Gasteiger partial charge in [-0.25, -0.2) is 0 Å². The molecule has 0 radical (unpaired) electrons. The molecule has 1 heterocycles. The van der Waals surface area contributed by atoms with Crippen LogP contribution >= 0.6 is 11.8 Å². The lowest BCUT2D eigenvalue weighted by Gasteiger charge is -2.28. The van der Waals surface area contributed by atoms with Crippen molar-refractivity contribution in [2.24, 2.45) is 0 Å². The zero-order chi connectivity index (χ0) is 10.8. The van der Waals surface area contributed by atoms with Gasteiger partial charge in [0.2, 0.25) is 0 Å². The van der Waals surface area contributed by atoms with E-state index in [9.17, 15) is 12.9 Å². The maximum Gasteiger partial charge on any atom is 0.506 e. The van der Waals surface area contributed by atoms with Gasteiger partial charge >= 0.3 is 6.98 Å². The molecule has 1 atom stereocenters. The average Bonchev–Trinajstić information content (AvgIpc) is 2.53. The standard InChI is InChI=1S/C8H14BF3NS/c1-7(9(10,11)12)5-13(2)8-3-4-14-6-8/h8H,1,3-6H2,2H3/q-1. The molecule has 0 aromatic carbocycles. The molecule has 0 spiro atoms. The molecule has 14 heavy (non-hydrogen) atoms. The van der Waals surface area contributed by atoms with Crippen LogP contribution in [-0.2, 0) is 0 Å². The Labute approximate surface area is 86.8 Å². The molecule has 6 heteroatoms. The molecule has 0 saturated carbocycles. The van der Waals surface area contributed by atoms with Crippen molar-refractivity contribution in [2.45, 2.75) is 12.5 Å². The Balaban J connectivity index is 2.39. The minimum Gasteiger partial charge on any atom is -0.445 e. The molecular weight excluding hydrogens is 210 g/mol. The summed E-state index contributed by atoms with van der Waals surface area (Å²) in [6.07, 6.45) is 0.985. The van der Waals surface area contributed by atoms with Crippen LogP contribution in [0.25, 0.3) is 0 Å². The molecule has 82 valence electrons. The van der Waals surface area contributed by atoms with E-state index in [1.807, 2.05) is 0 Å². The molecule has 1 rings (SSSR count). The second-order valence-corrected chi connectivity index (χ2v) is 4.82. The Morgan fingerprint density at radius 2 is 2.21 bits per heavy atom. The van der Waals surface area contributed by atoms with Gasteiger partial charge in [-0.1, -0.05) is 0 Å². The van der Waals surface area contributed by atoms with Crippen LogP contribution < -0.4 is 0 Å². The van der Waals surface area contributed by atoms with E-state index in [0.29, 0.717) is 0 Å². The number of hydrogen-bond donors (Lipinski definition) is 0. The topological polar surface area (TPSA) is 3.24 Å². The predicted molar refractivity (Wildman–Crippen MR) is 56.6 cm³/mol. The number of rotatable bonds is 4. The summed E-state index contributed by atoms with van der Waals surface area (Å²) in [4.78, 5) is 1.76. The molecule has 1 nitrogen and oxygen atoms in total. The fourth-order valence-electron chi connectivity index (χ4n) is 1.42. The minimum atomic E-state index is -4.87. The summed E-state index contributed by atoms with van der Waals surface area (Å²) in [6, 6.07) is 0.287. The van der Waals surface area contributed by atoms with Crippen molar-refractivity contribution < 1.29 is 12.9 Å². The van der Waals surface area contributed by atoms with Crippen LogP contribution in [0.1, 0.15) is 6.42 Å². The zero-order valence-corrected chi connectivity index (χ0v) is 9.00. The van der Waals surface area contributed by atoms with Gasteiger partial charge in [0.05, 0.1) is 0 Å². The summed E-state index contributed by atoms with van der Waals surface area (Å²) >= 11 is 1.80. The highest BCUT2D eigenvalue weighted by atomic mass is 32.2. The molecule has 1 fully saturated rings. The highest BCUT2D eigenvalue weighted by Gasteiger charge is 2.29. The summed E-state index contributed by atoms with van der Waals surface area (Å²) in [5.74, 6) is 1.99. The molecule has 0 aromatic rings. The average molecular weight is 224 g/mol. The molecule has 1 unspecified atom stereocenters. The predicted octanol–water partition coefficient (Wildman–Crippen LogP) is 2.37. The Morgan fingerprint density at radius 3 is 2.64 bits per heavy atom. The van der Waals surface area contributed by atoms with E-state index >= 15 is 0 Å². The van der Waals surface area contributed by atoms with Gasteiger partial charge in [0.1, 0.15) is 0 Å². The Bertz CT molecular complexity index is 213. The van der Waals surface area contributed by atoms with Gasteiger partial charge in [-0.15, -0.1) is 12.1 Å². The SMILES string of the molecule is C=C(CN(C)C1CCSC1)[B-](F)(F)F. The summed E-state index contributed by atoms with van der Waals surface area (Å²) in [5.41, 5.74) is -0.593. The first-order valence-corrected chi connectivity index (χ1v) is 5.72. The van der Waals surface area contributed by atoms with Gasteiger partial charge in [0.25, 0.3) is 0 Å². The number of hydrogen-bond acceptors (Lipinski definition) is 2. The van der Waals surface area contributed by atoms with Crippen molar-refractivity contribution in [1.82, 2.24) is 4.90 Å². The van der Waals surface area contributed by atoms with Crippen molar-refractivity contribution in [1.29, 1.82) is 0 Å². The monoisotopic (exact) mass is 224 g/mol. The number of halogens is 3. The third-order valence-corrected chi connectivity index (χ3v) is 3.59. The molecule has 1 aliphatic rings. The van der Waals surface area contributed by atoms with Crippen LogP contribution in [0.15, 0.2) is 12.1 Å². The van der Waals surface area contributed by atoms with Crippen LogP contribution in [-0.4, -0.2) is 43.0 Å². The van der Waals surface area contributed by atoms with Crippen LogP contribution in [0.5, 0.6) is 0 Å². The molecular formula is C8H14BF3NS-. The molecule has 0 bridgehead atoms. The van der Waals surface area contributed by atoms with E-state index in [-0.39, 0.29) is 12.6 Å². The van der Waals surface area contributed by atoms with Gasteiger partial charge < -0.3 is 17.8 Å². The van der Waals surface area contributed by atoms with Gasteiger partial charge in [-0.3, -0.25) is 0 Å². The van der Waals surface area contributed by atoms with Crippen molar-refractivity contribution in [3.63, 3.8) is 0 Å². The van der Waals surface area contributed by atoms with E-state index < -0.39 is 12.4 Å². The fourth-order valence-corrected chi connectivity index (χ4v) is 2.72. The molecule has 0 amide bonds. The molecule has 1 aliphatic heterocycles. The molecule has 1 saturated heterocycles. The first-order valence-electron chi connectivity index (χ1n) is 4.57. The van der Waals surface area contributed by atoms with E-state index in [1.165, 1.54) is 0 Å². The van der Waals surface area contributed by atoms with Gasteiger partial charge in [-0.2, -0.15) is 11.8 Å². The van der Waals surface area contributed by atoms with Crippen molar-refractivity contribution in [3.05, 3.63) is 12.1 Å². The molecule has 0 aromatic heterocycles. The first kappa shape index (κ1) is 12.0. The summed E-state index contributed by atoms with van der Waals surface area (Å²) in [6.45, 7) is -1.82. The Morgan fingerprint density at radius 1 is 1.57 bits per heavy atom. The van der Waals surface area contributed by atoms with Crippen molar-refractivity contribution in [2.75, 3.05) is 25.1 Å². The zero-order valence-electron chi connectivity index (χ0n) is 8.18. The second-order valence-electron chi connectivity index (χ2n) is 3.67. The van der Waals surface area contributed by atoms with Crippen LogP contribution in [0, 0.1) is 0 Å². The highest BCUT2D eigenvalue weighted by Crippen LogP contribution is 2.24. The van der Waals surface area contributed by atoms with E-state index in [4.69, 9.17) is 0 Å². The third-order valence-electron chi connectivity index (χ3n) is 2.44. The fraction of sp³-hybridized carbons (Fsp3) is 0.750. The van der Waals surface area contributed by atoms with Crippen molar-refractivity contribution >= 4 is 18.7 Å². The number of nitrogens with zero attached hydrogens (tertiary/aromatic N) is 1. The van der Waals surface area contributed by atoms with Gasteiger partial charge in [0.15, 0.2) is 0 Å². The lowest BCUT2D eigenvalue weighted by Crippen LogP contribution is -2.37. The first-order chi connectivity index (χ1) is 6.41. The normalized spacial score (nSPS) is 23.1. The van der Waals surface area contributed by atoms with Gasteiger partial charge in [-0.05, 0) is 25.8 Å². The maximum atomic E-state index is 12.2. The lowest BCUT2D eigenvalue weighted by molar-refractivity contribution is 0.283. The lowest BCUT2D eigenvalue weighted by atomic mass is 9.80. The highest BCUT2D eigenvalue weighted by molar-refractivity contribution is 7.99. The maximum absolute atomic E-state index is 12.2. The third kappa shape index (κ3) is 3.24. The summed E-state index contributed by atoms with van der Waals surface area (Å²) < 4.78 is 36.7. The smallest absolute Gasteiger partial charge is 0.445 e. The summed E-state index contributed by atoms with van der Waals surface area (Å²) in [7, 11) is 1.74. The Kier molecular flexibility index (Phi) is 3.95. The minimum absolute atomic E-state index is 0.0469. The largest absolute Gasteiger partial charge is 0.506 e. The summed E-state index contributed by atoms with van der Waals surface area (Å²) in [5, 5.41) is 0. The van der Waals surface area contributed by atoms with Crippen molar-refractivity contribution in [3.8, 4) is 0 Å².